The number of nitriles is 1. The molecular formula is C20H17F3N4O2. The maximum absolute atomic E-state index is 13.4. The number of ether oxygens (including phenoxy) is 1. The molecule has 2 aliphatic rings. The van der Waals surface area contributed by atoms with Crippen LogP contribution in [-0.4, -0.2) is 36.3 Å². The molecule has 2 amide bonds. The monoisotopic (exact) mass is 402 g/mol. The van der Waals surface area contributed by atoms with Crippen molar-refractivity contribution in [1.29, 1.82) is 5.26 Å². The van der Waals surface area contributed by atoms with Crippen molar-refractivity contribution in [3.8, 4) is 6.07 Å². The van der Waals surface area contributed by atoms with Gasteiger partial charge in [-0.25, -0.2) is 4.79 Å². The molecule has 29 heavy (non-hydrogen) atoms. The van der Waals surface area contributed by atoms with Gasteiger partial charge in [-0.05, 0) is 43.7 Å². The molecule has 150 valence electrons. The Kier molecular flexibility index (Phi) is 4.67. The molecule has 2 saturated heterocycles. The lowest BCUT2D eigenvalue weighted by Crippen LogP contribution is -2.45. The Morgan fingerprint density at radius 2 is 1.90 bits per heavy atom. The number of rotatable bonds is 2. The number of pyridine rings is 1. The lowest BCUT2D eigenvalue weighted by atomic mass is 10.0. The number of fused-ring (bicyclic) bond motifs is 1. The van der Waals surface area contributed by atoms with Crippen LogP contribution in [0.5, 0.6) is 0 Å². The summed E-state index contributed by atoms with van der Waals surface area (Å²) in [5, 5.41) is 9.03. The molecule has 9 heteroatoms. The predicted octanol–water partition coefficient (Wildman–Crippen LogP) is 3.88. The van der Waals surface area contributed by atoms with Crippen molar-refractivity contribution in [3.63, 3.8) is 0 Å². The molecule has 2 aromatic rings. The Labute approximate surface area is 165 Å². The van der Waals surface area contributed by atoms with Gasteiger partial charge in [0.2, 0.25) is 0 Å². The Morgan fingerprint density at radius 1 is 1.17 bits per heavy atom. The second-order valence-electron chi connectivity index (χ2n) is 7.02. The first-order valence-electron chi connectivity index (χ1n) is 9.05. The highest BCUT2D eigenvalue weighted by Gasteiger charge is 2.49. The van der Waals surface area contributed by atoms with Crippen LogP contribution in [0.1, 0.15) is 23.2 Å². The SMILES string of the molecule is Cc1cc(N2C(=O)N(c3ccc(C#N)c(C(F)(F)F)c3)[C@H]3COCC[C@@H]32)ccn1. The fourth-order valence-electron chi connectivity index (χ4n) is 3.96. The summed E-state index contributed by atoms with van der Waals surface area (Å²) in [4.78, 5) is 20.4. The molecule has 2 atom stereocenters. The van der Waals surface area contributed by atoms with Crippen molar-refractivity contribution in [2.24, 2.45) is 0 Å². The van der Waals surface area contributed by atoms with Crippen LogP contribution in [0.15, 0.2) is 36.5 Å². The van der Waals surface area contributed by atoms with E-state index in [1.165, 1.54) is 11.0 Å². The van der Waals surface area contributed by atoms with E-state index in [1.54, 1.807) is 36.2 Å². The number of alkyl halides is 3. The first-order chi connectivity index (χ1) is 13.8. The lowest BCUT2D eigenvalue weighted by molar-refractivity contribution is -0.137. The summed E-state index contributed by atoms with van der Waals surface area (Å²) in [6, 6.07) is 7.30. The molecule has 6 nitrogen and oxygen atoms in total. The number of urea groups is 1. The molecule has 0 saturated carbocycles. The maximum atomic E-state index is 13.4. The van der Waals surface area contributed by atoms with Crippen LogP contribution in [0.3, 0.4) is 0 Å². The minimum Gasteiger partial charge on any atom is -0.379 e. The maximum Gasteiger partial charge on any atom is 0.417 e. The zero-order chi connectivity index (χ0) is 20.8. The summed E-state index contributed by atoms with van der Waals surface area (Å²) in [5.41, 5.74) is -0.0699. The first kappa shape index (κ1) is 19.2. The largest absolute Gasteiger partial charge is 0.417 e. The molecule has 0 radical (unpaired) electrons. The fourth-order valence-corrected chi connectivity index (χ4v) is 3.96. The van der Waals surface area contributed by atoms with Crippen molar-refractivity contribution in [2.45, 2.75) is 31.6 Å². The van der Waals surface area contributed by atoms with Crippen molar-refractivity contribution < 1.29 is 22.7 Å². The molecular weight excluding hydrogens is 385 g/mol. The third kappa shape index (κ3) is 3.29. The number of carbonyl (C=O) groups is 1. The molecule has 4 rings (SSSR count). The molecule has 0 unspecified atom stereocenters. The molecule has 2 fully saturated rings. The number of hydrogen-bond acceptors (Lipinski definition) is 4. The van der Waals surface area contributed by atoms with Crippen molar-refractivity contribution in [2.75, 3.05) is 23.0 Å². The zero-order valence-electron chi connectivity index (χ0n) is 15.5. The predicted molar refractivity (Wildman–Crippen MR) is 98.5 cm³/mol. The van der Waals surface area contributed by atoms with Crippen molar-refractivity contribution in [3.05, 3.63) is 53.3 Å². The van der Waals surface area contributed by atoms with E-state index in [2.05, 4.69) is 4.98 Å². The number of hydrogen-bond donors (Lipinski definition) is 0. The van der Waals surface area contributed by atoms with Gasteiger partial charge in [0, 0.05) is 29.9 Å². The van der Waals surface area contributed by atoms with Crippen LogP contribution >= 0.6 is 0 Å². The highest BCUT2D eigenvalue weighted by atomic mass is 19.4. The summed E-state index contributed by atoms with van der Waals surface area (Å²) in [6.45, 7) is 2.49. The van der Waals surface area contributed by atoms with Gasteiger partial charge in [0.05, 0.1) is 35.9 Å². The molecule has 3 heterocycles. The minimum absolute atomic E-state index is 0.0927. The summed E-state index contributed by atoms with van der Waals surface area (Å²) in [6.07, 6.45) is -2.54. The number of aromatic nitrogens is 1. The zero-order valence-corrected chi connectivity index (χ0v) is 15.5. The fraction of sp³-hybridized carbons (Fsp3) is 0.350. The van der Waals surface area contributed by atoms with Crippen LogP contribution in [0, 0.1) is 18.3 Å². The van der Waals surface area contributed by atoms with E-state index < -0.39 is 29.4 Å². The Bertz CT molecular complexity index is 1000. The van der Waals surface area contributed by atoms with Gasteiger partial charge in [0.15, 0.2) is 0 Å². The van der Waals surface area contributed by atoms with Gasteiger partial charge < -0.3 is 4.74 Å². The van der Waals surface area contributed by atoms with Gasteiger partial charge in [-0.2, -0.15) is 18.4 Å². The number of halogens is 3. The van der Waals surface area contributed by atoms with Gasteiger partial charge in [-0.3, -0.25) is 14.8 Å². The van der Waals surface area contributed by atoms with Gasteiger partial charge in [0.25, 0.3) is 0 Å². The third-order valence-corrected chi connectivity index (χ3v) is 5.23. The van der Waals surface area contributed by atoms with Crippen LogP contribution in [-0.2, 0) is 10.9 Å². The molecule has 0 bridgehead atoms. The van der Waals surface area contributed by atoms with Gasteiger partial charge >= 0.3 is 12.2 Å². The highest BCUT2D eigenvalue weighted by Crippen LogP contribution is 2.39. The van der Waals surface area contributed by atoms with E-state index in [1.807, 2.05) is 0 Å². The minimum atomic E-state index is -4.70. The van der Waals surface area contributed by atoms with E-state index in [9.17, 15) is 18.0 Å². The van der Waals surface area contributed by atoms with Gasteiger partial charge in [0.1, 0.15) is 0 Å². The van der Waals surface area contributed by atoms with Crippen LogP contribution < -0.4 is 9.80 Å². The third-order valence-electron chi connectivity index (χ3n) is 5.23. The smallest absolute Gasteiger partial charge is 0.379 e. The number of nitrogens with zero attached hydrogens (tertiary/aromatic N) is 4. The second-order valence-corrected chi connectivity index (χ2v) is 7.02. The molecule has 0 spiro atoms. The summed E-state index contributed by atoms with van der Waals surface area (Å²) >= 11 is 0. The van der Waals surface area contributed by atoms with E-state index in [-0.39, 0.29) is 18.3 Å². The number of aryl methyl sites for hydroxylation is 1. The lowest BCUT2D eigenvalue weighted by Gasteiger charge is -2.32. The molecule has 2 aliphatic heterocycles. The standard InChI is InChI=1S/C20H17F3N4O2/c1-12-8-15(4-6-25-12)26-17-5-7-29-11-18(17)27(19(26)28)14-3-2-13(10-24)16(9-14)20(21,22)23/h2-4,6,8-9,17-18H,5,7,11H2,1H3/t17-,18-/m0/s1. The van der Waals surface area contributed by atoms with Crippen LogP contribution in [0.25, 0.3) is 0 Å². The van der Waals surface area contributed by atoms with E-state index in [0.717, 1.165) is 17.8 Å². The summed E-state index contributed by atoms with van der Waals surface area (Å²) in [5.74, 6) is 0. The highest BCUT2D eigenvalue weighted by molar-refractivity contribution is 6.07. The molecule has 0 N–H and O–H groups in total. The van der Waals surface area contributed by atoms with Crippen LogP contribution in [0.2, 0.25) is 0 Å². The van der Waals surface area contributed by atoms with Crippen molar-refractivity contribution >= 4 is 17.4 Å². The number of amides is 2. The Morgan fingerprint density at radius 3 is 2.59 bits per heavy atom. The summed E-state index contributed by atoms with van der Waals surface area (Å²) < 4.78 is 45.8. The quantitative estimate of drug-likeness (QED) is 0.764. The number of benzene rings is 1. The molecule has 1 aromatic heterocycles. The average Bonchev–Trinajstić information content (AvgIpc) is 2.98. The topological polar surface area (TPSA) is 69.5 Å². The average molecular weight is 402 g/mol. The van der Waals surface area contributed by atoms with E-state index >= 15 is 0 Å². The van der Waals surface area contributed by atoms with Crippen molar-refractivity contribution in [1.82, 2.24) is 4.98 Å². The number of carbonyl (C=O) groups excluding carboxylic acids is 1. The Balaban J connectivity index is 1.80. The van der Waals surface area contributed by atoms with Crippen LogP contribution in [0.4, 0.5) is 29.3 Å². The second kappa shape index (κ2) is 7.04. The van der Waals surface area contributed by atoms with Gasteiger partial charge in [-0.15, -0.1) is 0 Å². The molecule has 0 aliphatic carbocycles. The van der Waals surface area contributed by atoms with E-state index in [4.69, 9.17) is 10.00 Å². The molecule has 1 aromatic carbocycles. The first-order valence-corrected chi connectivity index (χ1v) is 9.05. The summed E-state index contributed by atoms with van der Waals surface area (Å²) in [7, 11) is 0. The van der Waals surface area contributed by atoms with E-state index in [0.29, 0.717) is 18.7 Å². The Hall–Kier alpha value is -3.12. The normalized spacial score (nSPS) is 21.8. The number of anilines is 2. The van der Waals surface area contributed by atoms with Gasteiger partial charge in [-0.1, -0.05) is 0 Å².